The standard InChI is InChI=1S/C13H16IN5O4/c1-6(21)23-8-2-7(4-22-9(8)3-20)19-5-16-10-11(14)17-13(15)18-12(10)19/h5,7-9,20H,2-4H2,1H3,(H2,15,17,18)/t7-,8-,9+/m0/s1. The molecular formula is C13H16IN5O4. The van der Waals surface area contributed by atoms with Crippen LogP contribution in [0.25, 0.3) is 11.2 Å². The molecule has 3 atom stereocenters. The van der Waals surface area contributed by atoms with Crippen molar-refractivity contribution in [3.63, 3.8) is 0 Å². The van der Waals surface area contributed by atoms with Crippen LogP contribution in [0.5, 0.6) is 0 Å². The number of halogens is 1. The molecule has 1 fully saturated rings. The first-order chi connectivity index (χ1) is 11.0. The van der Waals surface area contributed by atoms with Crippen molar-refractivity contribution < 1.29 is 19.4 Å². The van der Waals surface area contributed by atoms with Crippen LogP contribution >= 0.6 is 22.6 Å². The summed E-state index contributed by atoms with van der Waals surface area (Å²) in [6, 6.07) is -0.128. The Labute approximate surface area is 145 Å². The summed E-state index contributed by atoms with van der Waals surface area (Å²) < 4.78 is 13.4. The van der Waals surface area contributed by atoms with Crippen molar-refractivity contribution in [2.75, 3.05) is 18.9 Å². The Morgan fingerprint density at radius 1 is 1.61 bits per heavy atom. The van der Waals surface area contributed by atoms with Gasteiger partial charge in [-0.15, -0.1) is 0 Å². The monoisotopic (exact) mass is 433 g/mol. The van der Waals surface area contributed by atoms with E-state index < -0.39 is 18.2 Å². The summed E-state index contributed by atoms with van der Waals surface area (Å²) in [5.74, 6) is -0.237. The van der Waals surface area contributed by atoms with Gasteiger partial charge >= 0.3 is 5.97 Å². The van der Waals surface area contributed by atoms with Gasteiger partial charge < -0.3 is 24.9 Å². The van der Waals surface area contributed by atoms with Crippen molar-refractivity contribution in [3.05, 3.63) is 10.0 Å². The van der Waals surface area contributed by atoms with E-state index >= 15 is 0 Å². The predicted molar refractivity (Wildman–Crippen MR) is 88.5 cm³/mol. The van der Waals surface area contributed by atoms with Gasteiger partial charge in [-0.1, -0.05) is 0 Å². The number of esters is 1. The van der Waals surface area contributed by atoms with E-state index in [9.17, 15) is 9.90 Å². The molecule has 0 radical (unpaired) electrons. The number of carbonyl (C=O) groups is 1. The normalized spacial score (nSPS) is 24.7. The highest BCUT2D eigenvalue weighted by atomic mass is 127. The average molecular weight is 433 g/mol. The maximum absolute atomic E-state index is 11.3. The predicted octanol–water partition coefficient (Wildman–Crippen LogP) is 0.267. The van der Waals surface area contributed by atoms with Crippen LogP contribution in [0.15, 0.2) is 6.33 Å². The Kier molecular flexibility index (Phi) is 4.64. The van der Waals surface area contributed by atoms with E-state index in [0.29, 0.717) is 27.9 Å². The summed E-state index contributed by atoms with van der Waals surface area (Å²) in [4.78, 5) is 23.9. The maximum atomic E-state index is 11.3. The number of hydrogen-bond donors (Lipinski definition) is 2. The number of nitrogens with two attached hydrogens (primary N) is 1. The summed E-state index contributed by atoms with van der Waals surface area (Å²) in [7, 11) is 0. The molecule has 1 aliphatic heterocycles. The second kappa shape index (κ2) is 6.53. The van der Waals surface area contributed by atoms with Crippen LogP contribution in [-0.4, -0.2) is 56.0 Å². The number of nitrogen functional groups attached to an aromatic ring is 1. The van der Waals surface area contributed by atoms with Gasteiger partial charge in [0.2, 0.25) is 5.95 Å². The first-order valence-electron chi connectivity index (χ1n) is 7.04. The number of aliphatic hydroxyl groups excluding tert-OH is 1. The first kappa shape index (κ1) is 16.3. The molecule has 124 valence electrons. The van der Waals surface area contributed by atoms with Crippen LogP contribution in [0.3, 0.4) is 0 Å². The summed E-state index contributed by atoms with van der Waals surface area (Å²) >= 11 is 2.06. The highest BCUT2D eigenvalue weighted by Crippen LogP contribution is 2.29. The van der Waals surface area contributed by atoms with Crippen LogP contribution in [0.2, 0.25) is 0 Å². The topological polar surface area (TPSA) is 125 Å². The summed E-state index contributed by atoms with van der Waals surface area (Å²) in [5, 5.41) is 9.36. The Hall–Kier alpha value is -1.53. The van der Waals surface area contributed by atoms with Gasteiger partial charge in [0.05, 0.1) is 25.6 Å². The van der Waals surface area contributed by atoms with E-state index in [2.05, 4.69) is 37.5 Å². The Bertz CT molecular complexity index is 736. The van der Waals surface area contributed by atoms with Crippen LogP contribution < -0.4 is 5.73 Å². The fourth-order valence-electron chi connectivity index (χ4n) is 2.70. The number of anilines is 1. The third-order valence-electron chi connectivity index (χ3n) is 3.71. The van der Waals surface area contributed by atoms with Crippen LogP contribution in [-0.2, 0) is 14.3 Å². The lowest BCUT2D eigenvalue weighted by molar-refractivity contribution is -0.168. The first-order valence-corrected chi connectivity index (χ1v) is 8.12. The smallest absolute Gasteiger partial charge is 0.302 e. The number of ether oxygens (including phenoxy) is 2. The Morgan fingerprint density at radius 3 is 3.09 bits per heavy atom. The molecule has 1 saturated heterocycles. The van der Waals surface area contributed by atoms with Crippen molar-refractivity contribution >= 4 is 45.7 Å². The van der Waals surface area contributed by atoms with E-state index in [1.54, 1.807) is 6.33 Å². The molecule has 3 heterocycles. The van der Waals surface area contributed by atoms with E-state index in [0.717, 1.165) is 0 Å². The molecule has 2 aromatic rings. The maximum Gasteiger partial charge on any atom is 0.302 e. The zero-order valence-electron chi connectivity index (χ0n) is 12.3. The molecule has 0 amide bonds. The zero-order chi connectivity index (χ0) is 16.6. The molecular weight excluding hydrogens is 417 g/mol. The molecule has 0 spiro atoms. The highest BCUT2D eigenvalue weighted by molar-refractivity contribution is 14.1. The molecule has 0 bridgehead atoms. The molecule has 0 unspecified atom stereocenters. The van der Waals surface area contributed by atoms with Crippen LogP contribution in [0, 0.1) is 3.70 Å². The van der Waals surface area contributed by atoms with E-state index in [1.165, 1.54) is 6.92 Å². The van der Waals surface area contributed by atoms with E-state index in [4.69, 9.17) is 15.2 Å². The van der Waals surface area contributed by atoms with Crippen molar-refractivity contribution in [3.8, 4) is 0 Å². The Morgan fingerprint density at radius 2 is 2.39 bits per heavy atom. The molecule has 0 saturated carbocycles. The molecule has 1 aliphatic rings. The molecule has 10 heteroatoms. The minimum absolute atomic E-state index is 0.128. The fraction of sp³-hybridized carbons (Fsp3) is 0.538. The fourth-order valence-corrected chi connectivity index (χ4v) is 3.32. The van der Waals surface area contributed by atoms with Gasteiger partial charge in [0.1, 0.15) is 21.4 Å². The number of rotatable bonds is 3. The van der Waals surface area contributed by atoms with E-state index in [1.807, 2.05) is 4.57 Å². The molecule has 3 N–H and O–H groups in total. The summed E-state index contributed by atoms with van der Waals surface area (Å²) in [6.45, 7) is 1.48. The van der Waals surface area contributed by atoms with Gasteiger partial charge in [-0.2, -0.15) is 4.98 Å². The average Bonchev–Trinajstić information content (AvgIpc) is 2.90. The zero-order valence-corrected chi connectivity index (χ0v) is 14.5. The number of aromatic nitrogens is 4. The Balaban J connectivity index is 1.91. The van der Waals surface area contributed by atoms with Gasteiger partial charge in [-0.3, -0.25) is 4.79 Å². The lowest BCUT2D eigenvalue weighted by Gasteiger charge is -2.35. The van der Waals surface area contributed by atoms with Gasteiger partial charge in [0.15, 0.2) is 5.65 Å². The number of carbonyl (C=O) groups excluding carboxylic acids is 1. The largest absolute Gasteiger partial charge is 0.460 e. The van der Waals surface area contributed by atoms with Gasteiger partial charge in [0.25, 0.3) is 0 Å². The van der Waals surface area contributed by atoms with Crippen LogP contribution in [0.1, 0.15) is 19.4 Å². The number of fused-ring (bicyclic) bond motifs is 1. The third-order valence-corrected chi connectivity index (χ3v) is 4.46. The van der Waals surface area contributed by atoms with Crippen molar-refractivity contribution in [1.82, 2.24) is 19.5 Å². The van der Waals surface area contributed by atoms with Gasteiger partial charge in [-0.25, -0.2) is 9.97 Å². The molecule has 2 aromatic heterocycles. The second-order valence-electron chi connectivity index (χ2n) is 5.29. The van der Waals surface area contributed by atoms with Crippen LogP contribution in [0.4, 0.5) is 5.95 Å². The summed E-state index contributed by atoms with van der Waals surface area (Å²) in [5.41, 5.74) is 6.99. The molecule has 3 rings (SSSR count). The number of imidazole rings is 1. The minimum Gasteiger partial charge on any atom is -0.460 e. The minimum atomic E-state index is -0.523. The van der Waals surface area contributed by atoms with Gasteiger partial charge in [-0.05, 0) is 22.6 Å². The number of aliphatic hydroxyl groups is 1. The lowest BCUT2D eigenvalue weighted by Crippen LogP contribution is -2.43. The highest BCUT2D eigenvalue weighted by Gasteiger charge is 2.35. The SMILES string of the molecule is CC(=O)O[C@H]1C[C@H](n2cnc3c(I)nc(N)nc32)CO[C@@H]1CO. The molecule has 0 aromatic carbocycles. The van der Waals surface area contributed by atoms with Crippen molar-refractivity contribution in [1.29, 1.82) is 0 Å². The molecule has 9 nitrogen and oxygen atoms in total. The van der Waals surface area contributed by atoms with Gasteiger partial charge in [0, 0.05) is 13.3 Å². The third kappa shape index (κ3) is 3.23. The second-order valence-corrected chi connectivity index (χ2v) is 6.31. The quantitative estimate of drug-likeness (QED) is 0.402. The number of hydrogen-bond acceptors (Lipinski definition) is 8. The van der Waals surface area contributed by atoms with Crippen molar-refractivity contribution in [2.24, 2.45) is 0 Å². The number of nitrogens with zero attached hydrogens (tertiary/aromatic N) is 4. The lowest BCUT2D eigenvalue weighted by atomic mass is 10.0. The summed E-state index contributed by atoms with van der Waals surface area (Å²) in [6.07, 6.45) is 1.10. The molecule has 23 heavy (non-hydrogen) atoms. The molecule has 0 aliphatic carbocycles. The van der Waals surface area contributed by atoms with Crippen molar-refractivity contribution in [2.45, 2.75) is 31.6 Å². The van der Waals surface area contributed by atoms with E-state index in [-0.39, 0.29) is 18.6 Å².